The Morgan fingerprint density at radius 3 is 2.41 bits per heavy atom. The van der Waals surface area contributed by atoms with Crippen molar-refractivity contribution in [3.8, 4) is 0 Å². The molecular formula is C19H18N2O. The summed E-state index contributed by atoms with van der Waals surface area (Å²) >= 11 is 0. The lowest BCUT2D eigenvalue weighted by molar-refractivity contribution is 0.102. The van der Waals surface area contributed by atoms with Crippen molar-refractivity contribution in [1.82, 2.24) is 0 Å². The fourth-order valence-electron chi connectivity index (χ4n) is 2.53. The topological polar surface area (TPSA) is 55.1 Å². The number of carbonyl (C=O) groups is 1. The Labute approximate surface area is 129 Å². The monoisotopic (exact) mass is 290 g/mol. The van der Waals surface area contributed by atoms with Crippen LogP contribution in [0.25, 0.3) is 10.8 Å². The first-order valence-corrected chi connectivity index (χ1v) is 7.30. The molecule has 3 N–H and O–H groups in total. The average molecular weight is 290 g/mol. The number of fused-ring (bicyclic) bond motifs is 1. The first-order chi connectivity index (χ1) is 10.6. The van der Waals surface area contributed by atoms with Gasteiger partial charge in [-0.05, 0) is 41.5 Å². The van der Waals surface area contributed by atoms with Gasteiger partial charge < -0.3 is 11.1 Å². The molecule has 3 heteroatoms. The van der Waals surface area contributed by atoms with Gasteiger partial charge in [0.05, 0.1) is 0 Å². The lowest BCUT2D eigenvalue weighted by Gasteiger charge is -2.13. The van der Waals surface area contributed by atoms with Gasteiger partial charge >= 0.3 is 0 Å². The summed E-state index contributed by atoms with van der Waals surface area (Å²) in [5.41, 5.74) is 8.28. The molecule has 110 valence electrons. The van der Waals surface area contributed by atoms with Crippen LogP contribution in [0.5, 0.6) is 0 Å². The Kier molecular flexibility index (Phi) is 3.90. The summed E-state index contributed by atoms with van der Waals surface area (Å²) in [4.78, 5) is 12.5. The van der Waals surface area contributed by atoms with Gasteiger partial charge in [-0.15, -0.1) is 0 Å². The van der Waals surface area contributed by atoms with Gasteiger partial charge in [-0.25, -0.2) is 0 Å². The van der Waals surface area contributed by atoms with Crippen molar-refractivity contribution in [3.05, 3.63) is 77.9 Å². The van der Waals surface area contributed by atoms with Crippen LogP contribution in [0.15, 0.2) is 66.7 Å². The highest BCUT2D eigenvalue weighted by atomic mass is 16.1. The molecule has 0 saturated heterocycles. The molecule has 0 aliphatic rings. The highest BCUT2D eigenvalue weighted by Crippen LogP contribution is 2.22. The number of amides is 1. The largest absolute Gasteiger partial charge is 0.324 e. The van der Waals surface area contributed by atoms with E-state index in [0.29, 0.717) is 5.56 Å². The first kappa shape index (κ1) is 14.3. The van der Waals surface area contributed by atoms with E-state index in [-0.39, 0.29) is 11.9 Å². The van der Waals surface area contributed by atoms with Crippen LogP contribution < -0.4 is 11.1 Å². The van der Waals surface area contributed by atoms with Gasteiger partial charge in [-0.2, -0.15) is 0 Å². The maximum atomic E-state index is 12.5. The zero-order valence-corrected chi connectivity index (χ0v) is 12.4. The minimum Gasteiger partial charge on any atom is -0.324 e. The molecule has 0 aliphatic heterocycles. The van der Waals surface area contributed by atoms with Gasteiger partial charge in [0.25, 0.3) is 5.91 Å². The average Bonchev–Trinajstić information content (AvgIpc) is 2.54. The molecule has 0 aromatic heterocycles. The van der Waals surface area contributed by atoms with E-state index in [4.69, 9.17) is 5.73 Å². The number of rotatable bonds is 3. The fourth-order valence-corrected chi connectivity index (χ4v) is 2.53. The molecule has 0 spiro atoms. The van der Waals surface area contributed by atoms with Crippen molar-refractivity contribution in [1.29, 1.82) is 0 Å². The molecule has 22 heavy (non-hydrogen) atoms. The molecule has 3 nitrogen and oxygen atoms in total. The molecule has 0 radical (unpaired) electrons. The zero-order valence-electron chi connectivity index (χ0n) is 12.4. The number of hydrogen-bond donors (Lipinski definition) is 2. The highest BCUT2D eigenvalue weighted by Gasteiger charge is 2.11. The molecule has 1 amide bonds. The van der Waals surface area contributed by atoms with Crippen molar-refractivity contribution >= 4 is 22.4 Å². The number of nitrogens with one attached hydrogen (secondary N) is 1. The Morgan fingerprint density at radius 1 is 0.955 bits per heavy atom. The van der Waals surface area contributed by atoms with Gasteiger partial charge in [-0.3, -0.25) is 4.79 Å². The Hall–Kier alpha value is -2.65. The molecule has 0 bridgehead atoms. The van der Waals surface area contributed by atoms with Gasteiger partial charge in [0.2, 0.25) is 0 Å². The predicted octanol–water partition coefficient (Wildman–Crippen LogP) is 4.11. The van der Waals surface area contributed by atoms with Crippen molar-refractivity contribution in [3.63, 3.8) is 0 Å². The molecule has 1 atom stereocenters. The molecule has 3 rings (SSSR count). The second kappa shape index (κ2) is 6.00. The third-order valence-electron chi connectivity index (χ3n) is 3.71. The number of anilines is 1. The summed E-state index contributed by atoms with van der Waals surface area (Å²) in [6.07, 6.45) is 0. The molecule has 0 saturated carbocycles. The van der Waals surface area contributed by atoms with Gasteiger partial charge in [-0.1, -0.05) is 48.5 Å². The summed E-state index contributed by atoms with van der Waals surface area (Å²) in [6.45, 7) is 1.90. The Bertz CT molecular complexity index is 824. The normalized spacial score (nSPS) is 12.1. The third kappa shape index (κ3) is 2.85. The summed E-state index contributed by atoms with van der Waals surface area (Å²) in [5, 5.41) is 5.13. The maximum absolute atomic E-state index is 12.5. The van der Waals surface area contributed by atoms with E-state index in [0.717, 1.165) is 22.0 Å². The third-order valence-corrected chi connectivity index (χ3v) is 3.71. The summed E-state index contributed by atoms with van der Waals surface area (Å²) < 4.78 is 0. The molecule has 3 aromatic rings. The zero-order chi connectivity index (χ0) is 15.5. The lowest BCUT2D eigenvalue weighted by Crippen LogP contribution is -2.15. The van der Waals surface area contributed by atoms with E-state index < -0.39 is 0 Å². The van der Waals surface area contributed by atoms with Gasteiger partial charge in [0, 0.05) is 17.3 Å². The van der Waals surface area contributed by atoms with E-state index in [1.807, 2.05) is 73.7 Å². The summed E-state index contributed by atoms with van der Waals surface area (Å²) in [6, 6.07) is 21.2. The highest BCUT2D eigenvalue weighted by molar-refractivity contribution is 6.06. The van der Waals surface area contributed by atoms with Crippen LogP contribution in [0.3, 0.4) is 0 Å². The van der Waals surface area contributed by atoms with E-state index in [9.17, 15) is 4.79 Å². The minimum atomic E-state index is -0.131. The molecule has 0 aliphatic carbocycles. The number of benzene rings is 3. The fraction of sp³-hybridized carbons (Fsp3) is 0.105. The Balaban J connectivity index is 1.90. The molecule has 1 unspecified atom stereocenters. The van der Waals surface area contributed by atoms with Crippen LogP contribution in [0, 0.1) is 0 Å². The van der Waals surface area contributed by atoms with Crippen LogP contribution in [0.2, 0.25) is 0 Å². The number of para-hydroxylation sites is 1. The molecule has 0 heterocycles. The number of carbonyl (C=O) groups excluding carboxylic acids is 1. The molecule has 3 aromatic carbocycles. The van der Waals surface area contributed by atoms with Crippen LogP contribution >= 0.6 is 0 Å². The quantitative estimate of drug-likeness (QED) is 0.762. The lowest BCUT2D eigenvalue weighted by atomic mass is 10.0. The SMILES string of the molecule is CC(N)c1ccccc1NC(=O)c1ccc2ccccc2c1. The van der Waals surface area contributed by atoms with Crippen molar-refractivity contribution in [2.24, 2.45) is 5.73 Å². The van der Waals surface area contributed by atoms with Crippen LogP contribution in [0.4, 0.5) is 5.69 Å². The second-order valence-electron chi connectivity index (χ2n) is 5.39. The van der Waals surface area contributed by atoms with Gasteiger partial charge in [0.1, 0.15) is 0 Å². The first-order valence-electron chi connectivity index (χ1n) is 7.30. The van der Waals surface area contributed by atoms with Crippen LogP contribution in [-0.4, -0.2) is 5.91 Å². The van der Waals surface area contributed by atoms with Gasteiger partial charge in [0.15, 0.2) is 0 Å². The molecule has 0 fully saturated rings. The number of hydrogen-bond acceptors (Lipinski definition) is 2. The predicted molar refractivity (Wildman–Crippen MR) is 90.9 cm³/mol. The van der Waals surface area contributed by atoms with E-state index in [1.54, 1.807) is 0 Å². The van der Waals surface area contributed by atoms with Crippen LogP contribution in [0.1, 0.15) is 28.9 Å². The van der Waals surface area contributed by atoms with Crippen LogP contribution in [-0.2, 0) is 0 Å². The van der Waals surface area contributed by atoms with E-state index in [2.05, 4.69) is 5.32 Å². The van der Waals surface area contributed by atoms with Crippen molar-refractivity contribution < 1.29 is 4.79 Å². The number of nitrogens with two attached hydrogens (primary N) is 1. The Morgan fingerprint density at radius 2 is 1.64 bits per heavy atom. The van der Waals surface area contributed by atoms with E-state index in [1.165, 1.54) is 0 Å². The van der Waals surface area contributed by atoms with E-state index >= 15 is 0 Å². The second-order valence-corrected chi connectivity index (χ2v) is 5.39. The van der Waals surface area contributed by atoms with Crippen molar-refractivity contribution in [2.75, 3.05) is 5.32 Å². The summed E-state index contributed by atoms with van der Waals surface area (Å²) in [7, 11) is 0. The minimum absolute atomic E-state index is 0.126. The maximum Gasteiger partial charge on any atom is 0.255 e. The molecular weight excluding hydrogens is 272 g/mol. The van der Waals surface area contributed by atoms with Crippen molar-refractivity contribution in [2.45, 2.75) is 13.0 Å². The smallest absolute Gasteiger partial charge is 0.255 e. The summed E-state index contributed by atoms with van der Waals surface area (Å²) in [5.74, 6) is -0.126. The standard InChI is InChI=1S/C19H18N2O/c1-13(20)17-8-4-5-9-18(17)21-19(22)16-11-10-14-6-2-3-7-15(14)12-16/h2-13H,20H2,1H3,(H,21,22).